The summed E-state index contributed by atoms with van der Waals surface area (Å²) in [4.78, 5) is 39.6. The molecule has 2 aliphatic heterocycles. The maximum atomic E-state index is 12.8. The van der Waals surface area contributed by atoms with Crippen LogP contribution in [-0.4, -0.2) is 54.4 Å². The molecule has 0 radical (unpaired) electrons. The van der Waals surface area contributed by atoms with Crippen LogP contribution in [0, 0.1) is 5.92 Å². The molecule has 2 fully saturated rings. The van der Waals surface area contributed by atoms with Crippen LogP contribution in [0.15, 0.2) is 18.2 Å². The first-order valence-electron chi connectivity index (χ1n) is 10.6. The van der Waals surface area contributed by atoms with Crippen molar-refractivity contribution in [3.05, 3.63) is 33.8 Å². The number of benzene rings is 1. The van der Waals surface area contributed by atoms with Crippen LogP contribution in [0.2, 0.25) is 15.9 Å². The van der Waals surface area contributed by atoms with Gasteiger partial charge in [-0.15, -0.1) is 0 Å². The molecule has 3 rings (SSSR count). The number of nitrogens with one attached hydrogen (secondary N) is 1. The highest BCUT2D eigenvalue weighted by molar-refractivity contribution is 6.70. The van der Waals surface area contributed by atoms with Gasteiger partial charge in [-0.2, -0.15) is 0 Å². The van der Waals surface area contributed by atoms with Crippen molar-refractivity contribution in [2.45, 2.75) is 58.4 Å². The van der Waals surface area contributed by atoms with Gasteiger partial charge < -0.3 is 19.4 Å². The summed E-state index contributed by atoms with van der Waals surface area (Å²) in [5.74, 6) is -0.996. The molecule has 1 aromatic carbocycles. The van der Waals surface area contributed by atoms with Gasteiger partial charge in [-0.05, 0) is 43.5 Å². The van der Waals surface area contributed by atoms with Gasteiger partial charge in [0.1, 0.15) is 5.78 Å². The lowest BCUT2D eigenvalue weighted by atomic mass is 9.53. The Labute approximate surface area is 192 Å². The molecular weight excluding hydrogens is 442 g/mol. The van der Waals surface area contributed by atoms with Gasteiger partial charge in [0.2, 0.25) is 0 Å². The second-order valence-corrected chi connectivity index (χ2v) is 9.75. The number of hydrogen-bond donors (Lipinski definition) is 1. The van der Waals surface area contributed by atoms with E-state index in [9.17, 15) is 14.4 Å². The van der Waals surface area contributed by atoms with E-state index in [0.717, 1.165) is 0 Å². The number of amides is 1. The number of carbonyl (C=O) groups excluding carboxylic acids is 3. The number of fused-ring (bicyclic) bond motifs is 1. The standard InChI is InChI=1S/C21H28BCl2N2O5/c1-12(2)7-15(22-26(13(3)11-30-22)14(4)21(29)31-22)8-17(27)10-25-20(28)18-9-16(23)5-6-19(18)24/h5-6,9,12-15H,7-8,10-11H2,1-4H3,(H,25,28)/q-1/t13-,14-,15+,22?/m0/s1. The van der Waals surface area contributed by atoms with E-state index in [1.807, 2.05) is 11.7 Å². The maximum Gasteiger partial charge on any atom is 0.378 e. The summed E-state index contributed by atoms with van der Waals surface area (Å²) >= 11 is 12.0. The smallest absolute Gasteiger partial charge is 0.378 e. The third-order valence-corrected chi connectivity index (χ3v) is 6.62. The van der Waals surface area contributed by atoms with Gasteiger partial charge in [-0.1, -0.05) is 56.2 Å². The predicted molar refractivity (Wildman–Crippen MR) is 120 cm³/mol. The van der Waals surface area contributed by atoms with Crippen LogP contribution in [0.5, 0.6) is 0 Å². The Morgan fingerprint density at radius 1 is 1.29 bits per heavy atom. The zero-order valence-corrected chi connectivity index (χ0v) is 19.7. The van der Waals surface area contributed by atoms with E-state index in [0.29, 0.717) is 18.1 Å². The van der Waals surface area contributed by atoms with Crippen LogP contribution in [0.25, 0.3) is 0 Å². The molecule has 1 N–H and O–H groups in total. The largest absolute Gasteiger partial charge is 0.652 e. The van der Waals surface area contributed by atoms with Gasteiger partial charge >= 0.3 is 6.69 Å². The lowest BCUT2D eigenvalue weighted by Crippen LogP contribution is -2.55. The molecule has 7 nitrogen and oxygen atoms in total. The number of Topliss-reactive ketones (excluding diaryl/α,β-unsaturated/α-hetero) is 1. The number of nitrogens with zero attached hydrogens (tertiary/aromatic N) is 1. The van der Waals surface area contributed by atoms with Gasteiger partial charge in [0, 0.05) is 11.6 Å². The molecule has 0 aliphatic carbocycles. The summed E-state index contributed by atoms with van der Waals surface area (Å²) in [6.45, 7) is 6.12. The first-order chi connectivity index (χ1) is 14.5. The summed E-state index contributed by atoms with van der Waals surface area (Å²) in [7, 11) is 0. The zero-order chi connectivity index (χ0) is 22.9. The summed E-state index contributed by atoms with van der Waals surface area (Å²) in [6, 6.07) is 4.19. The van der Waals surface area contributed by atoms with Gasteiger partial charge in [0.15, 0.2) is 0 Å². The molecule has 0 bridgehead atoms. The Bertz CT molecular complexity index is 883. The molecule has 10 heteroatoms. The molecule has 1 aromatic rings. The summed E-state index contributed by atoms with van der Waals surface area (Å²) in [5, 5.41) is 3.25. The van der Waals surface area contributed by atoms with Crippen LogP contribution >= 0.6 is 23.2 Å². The van der Waals surface area contributed by atoms with Crippen LogP contribution in [0.3, 0.4) is 0 Å². The minimum Gasteiger partial charge on any atom is -0.652 e. The van der Waals surface area contributed by atoms with Crippen LogP contribution < -0.4 is 5.32 Å². The number of rotatable bonds is 8. The molecule has 2 heterocycles. The summed E-state index contributed by atoms with van der Waals surface area (Å²) < 4.78 is 11.9. The average molecular weight is 470 g/mol. The highest BCUT2D eigenvalue weighted by atomic mass is 35.5. The predicted octanol–water partition coefficient (Wildman–Crippen LogP) is 3.70. The Morgan fingerprint density at radius 2 is 2.00 bits per heavy atom. The highest BCUT2D eigenvalue weighted by Crippen LogP contribution is 2.45. The Hall–Kier alpha value is -1.61. The number of ketones is 1. The fourth-order valence-corrected chi connectivity index (χ4v) is 5.15. The van der Waals surface area contributed by atoms with E-state index in [-0.39, 0.29) is 53.1 Å². The number of carbonyl (C=O) groups is 3. The van der Waals surface area contributed by atoms with Crippen molar-refractivity contribution in [3.8, 4) is 0 Å². The van der Waals surface area contributed by atoms with Crippen LogP contribution in [0.4, 0.5) is 0 Å². The molecule has 0 spiro atoms. The molecule has 0 saturated carbocycles. The molecule has 1 unspecified atom stereocenters. The average Bonchev–Trinajstić information content (AvgIpc) is 3.16. The first-order valence-corrected chi connectivity index (χ1v) is 11.3. The van der Waals surface area contributed by atoms with Gasteiger partial charge in [0.25, 0.3) is 11.9 Å². The van der Waals surface area contributed by atoms with Crippen molar-refractivity contribution in [2.75, 3.05) is 13.2 Å². The molecule has 0 aromatic heterocycles. The van der Waals surface area contributed by atoms with E-state index in [1.54, 1.807) is 13.0 Å². The zero-order valence-electron chi connectivity index (χ0n) is 18.2. The topological polar surface area (TPSA) is 84.9 Å². The second kappa shape index (κ2) is 9.49. The molecule has 2 aliphatic rings. The molecule has 170 valence electrons. The van der Waals surface area contributed by atoms with Crippen molar-refractivity contribution < 1.29 is 23.7 Å². The second-order valence-electron chi connectivity index (χ2n) is 8.91. The fourth-order valence-electron chi connectivity index (χ4n) is 4.77. The van der Waals surface area contributed by atoms with E-state index < -0.39 is 18.6 Å². The van der Waals surface area contributed by atoms with E-state index >= 15 is 0 Å². The minimum absolute atomic E-state index is 0.0240. The Morgan fingerprint density at radius 3 is 2.68 bits per heavy atom. The lowest BCUT2D eigenvalue weighted by Gasteiger charge is -2.44. The van der Waals surface area contributed by atoms with Crippen LogP contribution in [0.1, 0.15) is 50.9 Å². The SMILES string of the molecule is CC(C)C[C@H](CC(=O)CNC(=O)c1cc(Cl)ccc1Cl)[B-]12OC[C@H](C)N1[C@@H](C)C(=O)O2. The van der Waals surface area contributed by atoms with Gasteiger partial charge in [-0.3, -0.25) is 14.4 Å². The maximum absolute atomic E-state index is 12.8. The highest BCUT2D eigenvalue weighted by Gasteiger charge is 2.57. The fraction of sp³-hybridized carbons (Fsp3) is 0.571. The van der Waals surface area contributed by atoms with E-state index in [1.165, 1.54) is 12.1 Å². The van der Waals surface area contributed by atoms with Crippen molar-refractivity contribution in [2.24, 2.45) is 5.92 Å². The van der Waals surface area contributed by atoms with Crippen molar-refractivity contribution in [1.82, 2.24) is 10.1 Å². The molecule has 1 amide bonds. The normalized spacial score (nSPS) is 26.6. The van der Waals surface area contributed by atoms with Gasteiger partial charge in [0.05, 0.1) is 23.2 Å². The molecule has 31 heavy (non-hydrogen) atoms. The number of hydrogen-bond acceptors (Lipinski definition) is 6. The third kappa shape index (κ3) is 4.92. The Kier molecular flexibility index (Phi) is 7.36. The lowest BCUT2D eigenvalue weighted by molar-refractivity contribution is -0.136. The Balaban J connectivity index is 1.71. The van der Waals surface area contributed by atoms with Crippen molar-refractivity contribution in [1.29, 1.82) is 0 Å². The summed E-state index contributed by atoms with van der Waals surface area (Å²) in [6.07, 6.45) is 0.786. The van der Waals surface area contributed by atoms with Crippen molar-refractivity contribution >= 4 is 47.5 Å². The monoisotopic (exact) mass is 469 g/mol. The number of halogens is 2. The van der Waals surface area contributed by atoms with Crippen molar-refractivity contribution in [3.63, 3.8) is 0 Å². The molecular formula is C21H28BCl2N2O5-. The molecule has 4 atom stereocenters. The first kappa shape index (κ1) is 24.0. The van der Waals surface area contributed by atoms with Crippen LogP contribution in [-0.2, 0) is 18.9 Å². The van der Waals surface area contributed by atoms with E-state index in [2.05, 4.69) is 19.2 Å². The van der Waals surface area contributed by atoms with E-state index in [4.69, 9.17) is 32.5 Å². The molecule has 2 saturated heterocycles. The summed E-state index contributed by atoms with van der Waals surface area (Å²) in [5.41, 5.74) is 0.209. The van der Waals surface area contributed by atoms with Gasteiger partial charge in [-0.25, -0.2) is 0 Å². The quantitative estimate of drug-likeness (QED) is 0.584. The third-order valence-electron chi connectivity index (χ3n) is 6.05. The minimum atomic E-state index is -2.06.